The molecular weight excluding hydrogens is 472 g/mol. The molecule has 3 rings (SSSR count). The van der Waals surface area contributed by atoms with Gasteiger partial charge in [0.15, 0.2) is 11.6 Å². The highest BCUT2D eigenvalue weighted by Gasteiger charge is 2.39. The molecule has 188 valence electrons. The van der Waals surface area contributed by atoms with Crippen LogP contribution < -0.4 is 9.47 Å². The van der Waals surface area contributed by atoms with Gasteiger partial charge in [0.1, 0.15) is 11.6 Å². The van der Waals surface area contributed by atoms with E-state index in [-0.39, 0.29) is 12.1 Å². The summed E-state index contributed by atoms with van der Waals surface area (Å²) < 4.78 is 115. The molecule has 1 saturated carbocycles. The van der Waals surface area contributed by atoms with Crippen LogP contribution in [0.4, 0.5) is 35.1 Å². The minimum Gasteiger partial charge on any atom is -0.429 e. The topological polar surface area (TPSA) is 18.5 Å². The van der Waals surface area contributed by atoms with Crippen molar-refractivity contribution in [3.05, 3.63) is 58.9 Å². The fourth-order valence-corrected chi connectivity index (χ4v) is 4.26. The Morgan fingerprint density at radius 3 is 1.91 bits per heavy atom. The molecule has 1 aliphatic rings. The third-order valence-corrected chi connectivity index (χ3v) is 6.17. The summed E-state index contributed by atoms with van der Waals surface area (Å²) in [5.41, 5.74) is -0.642. The van der Waals surface area contributed by atoms with E-state index < -0.39 is 47.0 Å². The van der Waals surface area contributed by atoms with Gasteiger partial charge >= 0.3 is 12.5 Å². The van der Waals surface area contributed by atoms with Gasteiger partial charge in [-0.15, -0.1) is 13.2 Å². The molecule has 0 unspecified atom stereocenters. The second kappa shape index (κ2) is 10.4. The van der Waals surface area contributed by atoms with E-state index in [0.29, 0.717) is 17.9 Å². The lowest BCUT2D eigenvalue weighted by atomic mass is 9.78. The Labute approximate surface area is 191 Å². The number of alkyl halides is 5. The third kappa shape index (κ3) is 6.76. The van der Waals surface area contributed by atoms with Crippen molar-refractivity contribution in [3.8, 4) is 11.5 Å². The quantitative estimate of drug-likeness (QED) is 0.343. The summed E-state index contributed by atoms with van der Waals surface area (Å²) >= 11 is 0. The van der Waals surface area contributed by atoms with Crippen LogP contribution in [0.15, 0.2) is 30.3 Å². The van der Waals surface area contributed by atoms with E-state index >= 15 is 0 Å². The van der Waals surface area contributed by atoms with E-state index in [4.69, 9.17) is 0 Å². The predicted molar refractivity (Wildman–Crippen MR) is 108 cm³/mol. The molecule has 1 fully saturated rings. The van der Waals surface area contributed by atoms with Crippen LogP contribution in [0.5, 0.6) is 11.5 Å². The fraction of sp³-hybridized carbons (Fsp3) is 0.500. The molecule has 2 aromatic carbocycles. The standard InChI is InChI=1S/C24H24F8O2/c1-2-14-3-5-15(6-4-14)7-8-16-9-10-18(19(25)11-16)23(28,29)33-17-12-20(26)22(21(27)13-17)34-24(30,31)32/h9-15H,2-8H2,1H3. The van der Waals surface area contributed by atoms with Crippen molar-refractivity contribution < 1.29 is 44.6 Å². The van der Waals surface area contributed by atoms with Crippen LogP contribution in [0, 0.1) is 29.3 Å². The van der Waals surface area contributed by atoms with E-state index in [1.807, 2.05) is 0 Å². The molecule has 0 atom stereocenters. The Hall–Kier alpha value is -2.52. The monoisotopic (exact) mass is 496 g/mol. The minimum atomic E-state index is -5.40. The summed E-state index contributed by atoms with van der Waals surface area (Å²) in [7, 11) is 0. The molecule has 0 aromatic heterocycles. The first kappa shape index (κ1) is 26.1. The van der Waals surface area contributed by atoms with Gasteiger partial charge < -0.3 is 9.47 Å². The van der Waals surface area contributed by atoms with Crippen LogP contribution in [0.1, 0.15) is 56.6 Å². The molecule has 0 radical (unpaired) electrons. The van der Waals surface area contributed by atoms with E-state index in [0.717, 1.165) is 56.6 Å². The molecule has 0 spiro atoms. The average molecular weight is 496 g/mol. The van der Waals surface area contributed by atoms with Crippen LogP contribution in [0.2, 0.25) is 0 Å². The van der Waals surface area contributed by atoms with Gasteiger partial charge in [-0.1, -0.05) is 45.1 Å². The van der Waals surface area contributed by atoms with E-state index in [9.17, 15) is 35.1 Å². The van der Waals surface area contributed by atoms with Gasteiger partial charge in [0.2, 0.25) is 5.75 Å². The lowest BCUT2D eigenvalue weighted by Crippen LogP contribution is -2.24. The molecule has 10 heteroatoms. The summed E-state index contributed by atoms with van der Waals surface area (Å²) in [6.45, 7) is 2.17. The summed E-state index contributed by atoms with van der Waals surface area (Å²) in [6, 6.07) is 3.31. The van der Waals surface area contributed by atoms with Gasteiger partial charge in [-0.05, 0) is 42.4 Å². The molecule has 1 aliphatic carbocycles. The second-order valence-electron chi connectivity index (χ2n) is 8.53. The molecule has 34 heavy (non-hydrogen) atoms. The Morgan fingerprint density at radius 2 is 1.38 bits per heavy atom. The number of ether oxygens (including phenoxy) is 2. The lowest BCUT2D eigenvalue weighted by molar-refractivity contribution is -0.276. The van der Waals surface area contributed by atoms with Crippen LogP contribution in [-0.2, 0) is 12.5 Å². The molecule has 2 nitrogen and oxygen atoms in total. The number of benzene rings is 2. The third-order valence-electron chi connectivity index (χ3n) is 6.17. The smallest absolute Gasteiger partial charge is 0.429 e. The number of hydrogen-bond acceptors (Lipinski definition) is 2. The first-order valence-electron chi connectivity index (χ1n) is 11.0. The van der Waals surface area contributed by atoms with E-state index in [1.165, 1.54) is 6.07 Å². The minimum absolute atomic E-state index is 0.0948. The zero-order chi connectivity index (χ0) is 25.1. The molecule has 0 heterocycles. The summed E-state index contributed by atoms with van der Waals surface area (Å²) in [6.07, 6.45) is -2.77. The molecule has 2 aromatic rings. The Bertz CT molecular complexity index is 958. The number of halogens is 8. The van der Waals surface area contributed by atoms with Crippen molar-refractivity contribution in [2.45, 2.75) is 64.3 Å². The highest BCUT2D eigenvalue weighted by atomic mass is 19.4. The first-order valence-corrected chi connectivity index (χ1v) is 11.0. The maximum absolute atomic E-state index is 14.5. The van der Waals surface area contributed by atoms with Gasteiger partial charge in [0.05, 0.1) is 5.56 Å². The number of aryl methyl sites for hydroxylation is 1. The van der Waals surface area contributed by atoms with Crippen molar-refractivity contribution in [1.29, 1.82) is 0 Å². The van der Waals surface area contributed by atoms with E-state index in [2.05, 4.69) is 16.4 Å². The number of hydrogen-bond donors (Lipinski definition) is 0. The second-order valence-corrected chi connectivity index (χ2v) is 8.53. The molecule has 0 aliphatic heterocycles. The van der Waals surface area contributed by atoms with Gasteiger partial charge in [0.25, 0.3) is 0 Å². The van der Waals surface area contributed by atoms with Crippen LogP contribution in [0.25, 0.3) is 0 Å². The van der Waals surface area contributed by atoms with Crippen molar-refractivity contribution in [3.63, 3.8) is 0 Å². The largest absolute Gasteiger partial charge is 0.573 e. The van der Waals surface area contributed by atoms with Gasteiger partial charge in [-0.25, -0.2) is 13.2 Å². The van der Waals surface area contributed by atoms with Gasteiger partial charge in [0, 0.05) is 12.1 Å². The van der Waals surface area contributed by atoms with Crippen LogP contribution in [0.3, 0.4) is 0 Å². The summed E-state index contributed by atoms with van der Waals surface area (Å²) in [5.74, 6) is -6.80. The summed E-state index contributed by atoms with van der Waals surface area (Å²) in [4.78, 5) is 0. The Morgan fingerprint density at radius 1 is 0.794 bits per heavy atom. The van der Waals surface area contributed by atoms with Crippen molar-refractivity contribution in [1.82, 2.24) is 0 Å². The maximum Gasteiger partial charge on any atom is 0.573 e. The SMILES string of the molecule is CCC1CCC(CCc2ccc(C(F)(F)Oc3cc(F)c(OC(F)(F)F)c(F)c3)c(F)c2)CC1. The van der Waals surface area contributed by atoms with E-state index in [1.54, 1.807) is 0 Å². The van der Waals surface area contributed by atoms with Gasteiger partial charge in [-0.3, -0.25) is 0 Å². The van der Waals surface area contributed by atoms with Gasteiger partial charge in [-0.2, -0.15) is 8.78 Å². The molecule has 0 bridgehead atoms. The van der Waals surface area contributed by atoms with Crippen LogP contribution >= 0.6 is 0 Å². The first-order chi connectivity index (χ1) is 15.9. The Kier molecular flexibility index (Phi) is 7.98. The predicted octanol–water partition coefficient (Wildman–Crippen LogP) is 8.28. The summed E-state index contributed by atoms with van der Waals surface area (Å²) in [5, 5.41) is 0. The number of rotatable bonds is 8. The fourth-order valence-electron chi connectivity index (χ4n) is 4.26. The maximum atomic E-state index is 14.5. The Balaban J connectivity index is 1.67. The average Bonchev–Trinajstić information content (AvgIpc) is 2.74. The highest BCUT2D eigenvalue weighted by molar-refractivity contribution is 5.36. The van der Waals surface area contributed by atoms with Crippen molar-refractivity contribution in [2.24, 2.45) is 11.8 Å². The molecule has 0 amide bonds. The highest BCUT2D eigenvalue weighted by Crippen LogP contribution is 2.38. The molecular formula is C24H24F8O2. The zero-order valence-corrected chi connectivity index (χ0v) is 18.3. The van der Waals surface area contributed by atoms with Crippen LogP contribution in [-0.4, -0.2) is 6.36 Å². The molecule has 0 saturated heterocycles. The van der Waals surface area contributed by atoms with Crippen molar-refractivity contribution >= 4 is 0 Å². The van der Waals surface area contributed by atoms with Crippen molar-refractivity contribution in [2.75, 3.05) is 0 Å². The lowest BCUT2D eigenvalue weighted by Gasteiger charge is -2.27. The zero-order valence-electron chi connectivity index (χ0n) is 18.3. The molecule has 0 N–H and O–H groups in total. The normalized spacial score (nSPS) is 19.2.